The van der Waals surface area contributed by atoms with Gasteiger partial charge in [0.05, 0.1) is 6.23 Å². The van der Waals surface area contributed by atoms with Crippen molar-refractivity contribution >= 4 is 52.3 Å². The fourth-order valence-corrected chi connectivity index (χ4v) is 28.8. The van der Waals surface area contributed by atoms with E-state index in [0.717, 1.165) is 5.70 Å². The molecule has 150 valence electrons. The monoisotopic (exact) mass is 474 g/mol. The molecule has 2 heterocycles. The van der Waals surface area contributed by atoms with Gasteiger partial charge in [0.25, 0.3) is 0 Å². The van der Waals surface area contributed by atoms with Crippen LogP contribution in [0, 0.1) is 0 Å². The smallest absolute Gasteiger partial charge is 0.395 e. The van der Waals surface area contributed by atoms with Crippen LogP contribution in [0.3, 0.4) is 0 Å². The molecule has 10 nitrogen and oxygen atoms in total. The Kier molecular flexibility index (Phi) is 6.11. The first-order valence-corrected chi connectivity index (χ1v) is 21.3. The minimum Gasteiger partial charge on any atom is -0.395 e. The van der Waals surface area contributed by atoms with Gasteiger partial charge >= 0.3 is 52.3 Å². The van der Waals surface area contributed by atoms with E-state index in [4.69, 9.17) is 28.8 Å². The molecule has 2 bridgehead atoms. The van der Waals surface area contributed by atoms with E-state index in [-0.39, 0.29) is 0 Å². The first kappa shape index (κ1) is 22.7. The van der Waals surface area contributed by atoms with Gasteiger partial charge in [0.1, 0.15) is 0 Å². The number of aliphatic hydroxyl groups is 1. The predicted octanol–water partition coefficient (Wildman–Crippen LogP) is -0.115. The molecule has 2 aliphatic rings. The van der Waals surface area contributed by atoms with Gasteiger partial charge in [-0.05, 0) is 31.0 Å². The molecule has 0 aromatic carbocycles. The molecule has 2 aliphatic heterocycles. The average Bonchev–Trinajstić information content (AvgIpc) is 2.41. The van der Waals surface area contributed by atoms with E-state index in [9.17, 15) is 14.7 Å². The molecule has 2 rings (SSSR count). The van der Waals surface area contributed by atoms with Gasteiger partial charge in [-0.1, -0.05) is 6.58 Å². The standard InChI is InChI=1S/C10H26O10Si6/c1-8-25(13)16-22(5,10-11)17-26(9-2)18-23(6,12)14-21(3,4)15-24(7,19-25)20-26/h8-9,11-13H,1-2,10H2,3-7H3. The van der Waals surface area contributed by atoms with Gasteiger partial charge in [-0.3, -0.25) is 0 Å². The highest BCUT2D eigenvalue weighted by atomic mass is 28.6. The molecule has 2 fully saturated rings. The van der Waals surface area contributed by atoms with E-state index in [1.54, 1.807) is 19.6 Å². The van der Waals surface area contributed by atoms with Crippen LogP contribution in [0.4, 0.5) is 0 Å². The van der Waals surface area contributed by atoms with E-state index >= 15 is 0 Å². The SMILES string of the molecule is C=C[Si]1(O)O[Si](C)(CO)O[Si]2(C=C)O[Si](C)(O)O[Si](C)(C)O[Si](C)(O1)O2. The van der Waals surface area contributed by atoms with Crippen molar-refractivity contribution in [3.63, 3.8) is 0 Å². The Bertz CT molecular complexity index is 593. The summed E-state index contributed by atoms with van der Waals surface area (Å²) >= 11 is 0. The van der Waals surface area contributed by atoms with Crippen molar-refractivity contribution in [3.8, 4) is 0 Å². The maximum atomic E-state index is 10.8. The molecule has 2 saturated heterocycles. The van der Waals surface area contributed by atoms with Crippen LogP contribution in [0.15, 0.2) is 24.6 Å². The van der Waals surface area contributed by atoms with E-state index < -0.39 is 58.6 Å². The van der Waals surface area contributed by atoms with Gasteiger partial charge in [-0.2, -0.15) is 0 Å². The van der Waals surface area contributed by atoms with Crippen molar-refractivity contribution in [3.05, 3.63) is 24.6 Å². The van der Waals surface area contributed by atoms with Crippen LogP contribution in [-0.2, 0) is 28.8 Å². The second kappa shape index (κ2) is 7.01. The quantitative estimate of drug-likeness (QED) is 0.477. The van der Waals surface area contributed by atoms with E-state index in [1.165, 1.54) is 18.8 Å². The Labute approximate surface area is 159 Å². The summed E-state index contributed by atoms with van der Waals surface area (Å²) in [5.74, 6) is 0. The molecule has 5 unspecified atom stereocenters. The van der Waals surface area contributed by atoms with Crippen molar-refractivity contribution in [1.29, 1.82) is 0 Å². The van der Waals surface area contributed by atoms with Gasteiger partial charge < -0.3 is 43.5 Å². The van der Waals surface area contributed by atoms with Gasteiger partial charge in [-0.15, -0.1) is 6.58 Å². The maximum Gasteiger partial charge on any atom is 0.510 e. The lowest BCUT2D eigenvalue weighted by molar-refractivity contribution is 0.0743. The first-order valence-electron chi connectivity index (χ1n) is 7.87. The lowest BCUT2D eigenvalue weighted by atomic mass is 11.3. The third-order valence-corrected chi connectivity index (χ3v) is 25.6. The molecule has 0 aromatic heterocycles. The highest BCUT2D eigenvalue weighted by Crippen LogP contribution is 2.37. The molecule has 0 amide bonds. The van der Waals surface area contributed by atoms with Crippen molar-refractivity contribution in [2.45, 2.75) is 32.7 Å². The Morgan fingerprint density at radius 1 is 0.769 bits per heavy atom. The fourth-order valence-electron chi connectivity index (χ4n) is 2.78. The minimum absolute atomic E-state index is 0.515. The molecule has 0 aromatic rings. The lowest BCUT2D eigenvalue weighted by Gasteiger charge is -2.50. The highest BCUT2D eigenvalue weighted by molar-refractivity contribution is 6.97. The Morgan fingerprint density at radius 2 is 1.38 bits per heavy atom. The van der Waals surface area contributed by atoms with Crippen LogP contribution in [0.5, 0.6) is 0 Å². The van der Waals surface area contributed by atoms with Crippen molar-refractivity contribution < 1.29 is 43.5 Å². The summed E-state index contributed by atoms with van der Waals surface area (Å²) in [4.78, 5) is 21.5. The second-order valence-electron chi connectivity index (χ2n) is 6.81. The van der Waals surface area contributed by atoms with Crippen molar-refractivity contribution in [2.24, 2.45) is 0 Å². The van der Waals surface area contributed by atoms with Crippen molar-refractivity contribution in [1.82, 2.24) is 0 Å². The molecule has 26 heavy (non-hydrogen) atoms. The first-order chi connectivity index (χ1) is 11.6. The molecular formula is C10H26O10Si6. The molecule has 5 atom stereocenters. The van der Waals surface area contributed by atoms with E-state index in [2.05, 4.69) is 13.2 Å². The molecule has 0 radical (unpaired) electrons. The minimum atomic E-state index is -3.98. The molecular weight excluding hydrogens is 449 g/mol. The zero-order valence-electron chi connectivity index (χ0n) is 15.5. The van der Waals surface area contributed by atoms with E-state index in [0.29, 0.717) is 0 Å². The Hall–Kier alpha value is 0.381. The molecule has 0 aliphatic carbocycles. The molecule has 3 N–H and O–H groups in total. The zero-order chi connectivity index (χ0) is 20.1. The number of rotatable bonds is 3. The molecule has 0 saturated carbocycles. The fraction of sp³-hybridized carbons (Fsp3) is 0.600. The highest BCUT2D eigenvalue weighted by Gasteiger charge is 2.66. The number of aliphatic hydroxyl groups excluding tert-OH is 1. The second-order valence-corrected chi connectivity index (χ2v) is 24.7. The third kappa shape index (κ3) is 5.05. The number of fused-ring (bicyclic) bond motifs is 2. The maximum absolute atomic E-state index is 10.8. The van der Waals surface area contributed by atoms with Crippen LogP contribution in [0.25, 0.3) is 0 Å². The van der Waals surface area contributed by atoms with Gasteiger partial charge in [-0.25, -0.2) is 0 Å². The van der Waals surface area contributed by atoms with Crippen LogP contribution in [0.2, 0.25) is 32.7 Å². The van der Waals surface area contributed by atoms with Crippen molar-refractivity contribution in [2.75, 3.05) is 6.23 Å². The van der Waals surface area contributed by atoms with Gasteiger partial charge in [0.15, 0.2) is 0 Å². The largest absolute Gasteiger partial charge is 0.510 e. The Balaban J connectivity index is 2.60. The summed E-state index contributed by atoms with van der Waals surface area (Å²) in [6, 6.07) is 0. The summed E-state index contributed by atoms with van der Waals surface area (Å²) in [6.45, 7) is 15.2. The van der Waals surface area contributed by atoms with Crippen LogP contribution in [-0.4, -0.2) is 73.3 Å². The summed E-state index contributed by atoms with van der Waals surface area (Å²) in [7, 11) is -21.6. The summed E-state index contributed by atoms with van der Waals surface area (Å²) in [6.07, 6.45) is -0.515. The normalized spacial score (nSPS) is 49.2. The molecule has 0 spiro atoms. The third-order valence-electron chi connectivity index (χ3n) is 3.37. The van der Waals surface area contributed by atoms with Crippen LogP contribution >= 0.6 is 0 Å². The summed E-state index contributed by atoms with van der Waals surface area (Å²) in [5.41, 5.74) is 2.46. The van der Waals surface area contributed by atoms with Gasteiger partial charge in [0.2, 0.25) is 0 Å². The average molecular weight is 475 g/mol. The van der Waals surface area contributed by atoms with E-state index in [1.807, 2.05) is 0 Å². The summed E-state index contributed by atoms with van der Waals surface area (Å²) in [5, 5.41) is 9.82. The number of hydrogen-bond acceptors (Lipinski definition) is 10. The van der Waals surface area contributed by atoms with Crippen LogP contribution < -0.4 is 0 Å². The number of hydrogen-bond donors (Lipinski definition) is 3. The van der Waals surface area contributed by atoms with Gasteiger partial charge in [0, 0.05) is 13.1 Å². The topological polar surface area (TPSA) is 125 Å². The Morgan fingerprint density at radius 3 is 1.88 bits per heavy atom. The predicted molar refractivity (Wildman–Crippen MR) is 103 cm³/mol. The zero-order valence-corrected chi connectivity index (χ0v) is 21.5. The lowest BCUT2D eigenvalue weighted by Crippen LogP contribution is -2.76. The van der Waals surface area contributed by atoms with Crippen LogP contribution in [0.1, 0.15) is 0 Å². The summed E-state index contributed by atoms with van der Waals surface area (Å²) < 4.78 is 41.3. The molecule has 16 heteroatoms.